The molecule has 1 heterocycles. The van der Waals surface area contributed by atoms with E-state index in [1.54, 1.807) is 23.7 Å². The Morgan fingerprint density at radius 3 is 2.68 bits per heavy atom. The number of nitrogen functional groups attached to an aromatic ring is 1. The van der Waals surface area contributed by atoms with Crippen molar-refractivity contribution in [1.29, 1.82) is 0 Å². The van der Waals surface area contributed by atoms with Crippen LogP contribution in [-0.2, 0) is 7.05 Å². The minimum absolute atomic E-state index is 0.238. The van der Waals surface area contributed by atoms with Gasteiger partial charge in [0.25, 0.3) is 0 Å². The highest BCUT2D eigenvalue weighted by atomic mass is 19.1. The van der Waals surface area contributed by atoms with Crippen molar-refractivity contribution < 1.29 is 8.78 Å². The lowest BCUT2D eigenvalue weighted by atomic mass is 10.1. The number of nitrogens with two attached hydrogens (primary N) is 1. The Balaban J connectivity index is 2.35. The Morgan fingerprint density at radius 2 is 1.95 bits per heavy atom. The van der Waals surface area contributed by atoms with Crippen LogP contribution in [0.25, 0.3) is 22.4 Å². The summed E-state index contributed by atoms with van der Waals surface area (Å²) in [6.07, 6.45) is 0. The molecule has 0 unspecified atom stereocenters. The second-order valence-corrected chi connectivity index (χ2v) is 4.33. The van der Waals surface area contributed by atoms with E-state index in [4.69, 9.17) is 5.73 Å². The van der Waals surface area contributed by atoms with E-state index in [-0.39, 0.29) is 11.4 Å². The van der Waals surface area contributed by atoms with E-state index in [9.17, 15) is 8.78 Å². The average Bonchev–Trinajstić information content (AvgIpc) is 2.67. The molecule has 1 aromatic heterocycles. The van der Waals surface area contributed by atoms with Gasteiger partial charge in [-0.3, -0.25) is 0 Å². The van der Waals surface area contributed by atoms with Gasteiger partial charge < -0.3 is 10.3 Å². The number of imidazole rings is 1. The van der Waals surface area contributed by atoms with Crippen LogP contribution in [0.2, 0.25) is 0 Å². The lowest BCUT2D eigenvalue weighted by molar-refractivity contribution is 0.628. The fraction of sp³-hybridized carbons (Fsp3) is 0.0714. The Hall–Kier alpha value is -2.43. The van der Waals surface area contributed by atoms with Gasteiger partial charge in [0.2, 0.25) is 0 Å². The topological polar surface area (TPSA) is 43.8 Å². The lowest BCUT2D eigenvalue weighted by Gasteiger charge is -2.06. The number of anilines is 1. The van der Waals surface area contributed by atoms with Crippen LogP contribution in [0.15, 0.2) is 36.4 Å². The number of rotatable bonds is 1. The van der Waals surface area contributed by atoms with Crippen molar-refractivity contribution >= 4 is 16.7 Å². The minimum atomic E-state index is -0.445. The summed E-state index contributed by atoms with van der Waals surface area (Å²) < 4.78 is 28.8. The zero-order valence-corrected chi connectivity index (χ0v) is 10.2. The third-order valence-corrected chi connectivity index (χ3v) is 3.11. The van der Waals surface area contributed by atoms with Gasteiger partial charge in [0, 0.05) is 12.7 Å². The van der Waals surface area contributed by atoms with Gasteiger partial charge in [0.15, 0.2) is 0 Å². The standard InChI is InChI=1S/C14H11F2N3/c1-19-12-7-8(15)5-6-11(12)18-14(19)13-9(16)3-2-4-10(13)17/h2-7H,17H2,1H3. The van der Waals surface area contributed by atoms with E-state index in [0.717, 1.165) is 0 Å². The SMILES string of the molecule is Cn1c(-c2c(N)cccc2F)nc2ccc(F)cc21. The fourth-order valence-electron chi connectivity index (χ4n) is 2.16. The molecule has 0 spiro atoms. The molecule has 0 aliphatic rings. The molecule has 0 bridgehead atoms. The van der Waals surface area contributed by atoms with E-state index in [1.165, 1.54) is 24.3 Å². The van der Waals surface area contributed by atoms with Crippen LogP contribution in [0, 0.1) is 11.6 Å². The Morgan fingerprint density at radius 1 is 1.16 bits per heavy atom. The lowest BCUT2D eigenvalue weighted by Crippen LogP contribution is -1.99. The molecule has 0 atom stereocenters. The highest BCUT2D eigenvalue weighted by Gasteiger charge is 2.16. The number of hydrogen-bond acceptors (Lipinski definition) is 2. The van der Waals surface area contributed by atoms with Crippen molar-refractivity contribution in [2.24, 2.45) is 7.05 Å². The van der Waals surface area contributed by atoms with Crippen molar-refractivity contribution in [1.82, 2.24) is 9.55 Å². The van der Waals surface area contributed by atoms with Crippen LogP contribution < -0.4 is 5.73 Å². The smallest absolute Gasteiger partial charge is 0.145 e. The van der Waals surface area contributed by atoms with E-state index < -0.39 is 5.82 Å². The third kappa shape index (κ3) is 1.74. The summed E-state index contributed by atoms with van der Waals surface area (Å²) in [5, 5.41) is 0. The highest BCUT2D eigenvalue weighted by molar-refractivity contribution is 5.83. The van der Waals surface area contributed by atoms with Crippen LogP contribution in [0.1, 0.15) is 0 Å². The molecule has 96 valence electrons. The molecule has 0 saturated heterocycles. The van der Waals surface area contributed by atoms with Crippen LogP contribution in [0.5, 0.6) is 0 Å². The van der Waals surface area contributed by atoms with E-state index >= 15 is 0 Å². The first-order valence-electron chi connectivity index (χ1n) is 5.74. The normalized spacial score (nSPS) is 11.1. The van der Waals surface area contributed by atoms with E-state index in [2.05, 4.69) is 4.98 Å². The van der Waals surface area contributed by atoms with Crippen LogP contribution in [0.4, 0.5) is 14.5 Å². The first-order valence-corrected chi connectivity index (χ1v) is 5.74. The summed E-state index contributed by atoms with van der Waals surface area (Å²) in [5.74, 6) is -0.418. The van der Waals surface area contributed by atoms with Gasteiger partial charge in [-0.25, -0.2) is 13.8 Å². The molecule has 0 radical (unpaired) electrons. The van der Waals surface area contributed by atoms with Gasteiger partial charge >= 0.3 is 0 Å². The summed E-state index contributed by atoms with van der Waals surface area (Å²) in [4.78, 5) is 4.32. The summed E-state index contributed by atoms with van der Waals surface area (Å²) in [6.45, 7) is 0. The molecule has 0 aliphatic heterocycles. The van der Waals surface area contributed by atoms with Crippen LogP contribution in [0.3, 0.4) is 0 Å². The summed E-state index contributed by atoms with van der Waals surface area (Å²) >= 11 is 0. The molecule has 0 amide bonds. The van der Waals surface area contributed by atoms with Crippen molar-refractivity contribution in [2.75, 3.05) is 5.73 Å². The van der Waals surface area contributed by atoms with Crippen LogP contribution >= 0.6 is 0 Å². The van der Waals surface area contributed by atoms with Gasteiger partial charge in [-0.15, -0.1) is 0 Å². The third-order valence-electron chi connectivity index (χ3n) is 3.11. The quantitative estimate of drug-likeness (QED) is 0.682. The van der Waals surface area contributed by atoms with Gasteiger partial charge in [-0.2, -0.15) is 0 Å². The van der Waals surface area contributed by atoms with E-state index in [1.807, 2.05) is 0 Å². The summed E-state index contributed by atoms with van der Waals surface area (Å²) in [5.41, 5.74) is 7.54. The number of halogens is 2. The predicted molar refractivity (Wildman–Crippen MR) is 70.5 cm³/mol. The van der Waals surface area contributed by atoms with Crippen LogP contribution in [-0.4, -0.2) is 9.55 Å². The Kier molecular flexibility index (Phi) is 2.48. The molecule has 0 saturated carbocycles. The number of benzene rings is 2. The summed E-state index contributed by atoms with van der Waals surface area (Å²) in [7, 11) is 1.70. The zero-order valence-electron chi connectivity index (χ0n) is 10.2. The summed E-state index contributed by atoms with van der Waals surface area (Å²) in [6, 6.07) is 8.72. The molecule has 3 rings (SSSR count). The first kappa shape index (κ1) is 11.6. The molecule has 0 fully saturated rings. The highest BCUT2D eigenvalue weighted by Crippen LogP contribution is 2.30. The molecule has 2 aromatic carbocycles. The minimum Gasteiger partial charge on any atom is -0.398 e. The van der Waals surface area contributed by atoms with Crippen molar-refractivity contribution in [3.8, 4) is 11.4 Å². The fourth-order valence-corrected chi connectivity index (χ4v) is 2.16. The predicted octanol–water partition coefficient (Wildman–Crippen LogP) is 3.10. The number of aryl methyl sites for hydroxylation is 1. The molecule has 19 heavy (non-hydrogen) atoms. The average molecular weight is 259 g/mol. The van der Waals surface area contributed by atoms with Crippen molar-refractivity contribution in [3.63, 3.8) is 0 Å². The molecule has 3 nitrogen and oxygen atoms in total. The molecular formula is C14H11F2N3. The maximum atomic E-state index is 13.9. The van der Waals surface area contributed by atoms with Gasteiger partial charge in [-0.1, -0.05) is 6.07 Å². The largest absolute Gasteiger partial charge is 0.398 e. The Labute approximate surface area is 108 Å². The second-order valence-electron chi connectivity index (χ2n) is 4.33. The van der Waals surface area contributed by atoms with Crippen molar-refractivity contribution in [3.05, 3.63) is 48.0 Å². The molecule has 2 N–H and O–H groups in total. The van der Waals surface area contributed by atoms with Gasteiger partial charge in [-0.05, 0) is 30.3 Å². The van der Waals surface area contributed by atoms with Gasteiger partial charge in [0.1, 0.15) is 17.5 Å². The molecule has 0 aliphatic carbocycles. The molecule has 5 heteroatoms. The molecular weight excluding hydrogens is 248 g/mol. The number of nitrogens with zero attached hydrogens (tertiary/aromatic N) is 2. The monoisotopic (exact) mass is 259 g/mol. The first-order chi connectivity index (χ1) is 9.08. The zero-order chi connectivity index (χ0) is 13.6. The van der Waals surface area contributed by atoms with Crippen molar-refractivity contribution in [2.45, 2.75) is 0 Å². The number of hydrogen-bond donors (Lipinski definition) is 1. The number of fused-ring (bicyclic) bond motifs is 1. The number of aromatic nitrogens is 2. The van der Waals surface area contributed by atoms with E-state index in [0.29, 0.717) is 22.5 Å². The molecule has 3 aromatic rings. The Bertz CT molecular complexity index is 757. The maximum Gasteiger partial charge on any atom is 0.145 e. The maximum absolute atomic E-state index is 13.9. The van der Waals surface area contributed by atoms with Gasteiger partial charge in [0.05, 0.1) is 16.6 Å². The second kappa shape index (κ2) is 4.05.